The summed E-state index contributed by atoms with van der Waals surface area (Å²) in [6.45, 7) is 8.16. The summed E-state index contributed by atoms with van der Waals surface area (Å²) < 4.78 is 17.0. The molecule has 10 nitrogen and oxygen atoms in total. The summed E-state index contributed by atoms with van der Waals surface area (Å²) in [5.74, 6) is 0.893. The molecule has 1 aromatic heterocycles. The predicted molar refractivity (Wildman–Crippen MR) is 170 cm³/mol. The van der Waals surface area contributed by atoms with Gasteiger partial charge in [-0.05, 0) is 41.8 Å². The Hall–Kier alpha value is -4.96. The molecule has 10 heteroatoms. The SMILES string of the molecule is CC(=O)OCc1ccc(C)c(N(C)c2ccnc(N(C(C)=O)c3cc(OCc4ccccc4)cc(N4CCOCC4)c3)n2)c1. The number of esters is 1. The van der Waals surface area contributed by atoms with Crippen molar-refractivity contribution in [2.24, 2.45) is 0 Å². The molecule has 0 aliphatic carbocycles. The number of amides is 1. The van der Waals surface area contributed by atoms with Crippen LogP contribution in [0.5, 0.6) is 5.75 Å². The zero-order valence-corrected chi connectivity index (χ0v) is 25.5. The number of rotatable bonds is 10. The van der Waals surface area contributed by atoms with Crippen LogP contribution < -0.4 is 19.4 Å². The third-order valence-corrected chi connectivity index (χ3v) is 7.32. The van der Waals surface area contributed by atoms with Crippen LogP contribution in [0.2, 0.25) is 0 Å². The van der Waals surface area contributed by atoms with Crippen molar-refractivity contribution in [3.8, 4) is 5.75 Å². The Kier molecular flexibility index (Phi) is 9.71. The van der Waals surface area contributed by atoms with Gasteiger partial charge < -0.3 is 24.0 Å². The third kappa shape index (κ3) is 7.51. The highest BCUT2D eigenvalue weighted by Crippen LogP contribution is 2.34. The Morgan fingerprint density at radius 3 is 2.43 bits per heavy atom. The average molecular weight is 596 g/mol. The van der Waals surface area contributed by atoms with E-state index in [1.165, 1.54) is 18.7 Å². The zero-order valence-electron chi connectivity index (χ0n) is 25.5. The van der Waals surface area contributed by atoms with Gasteiger partial charge in [-0.25, -0.2) is 9.88 Å². The van der Waals surface area contributed by atoms with Gasteiger partial charge in [-0.1, -0.05) is 42.5 Å². The van der Waals surface area contributed by atoms with Crippen molar-refractivity contribution in [1.29, 1.82) is 0 Å². The van der Waals surface area contributed by atoms with Crippen molar-refractivity contribution < 1.29 is 23.8 Å². The number of benzene rings is 3. The normalized spacial score (nSPS) is 12.9. The van der Waals surface area contributed by atoms with Gasteiger partial charge in [0.15, 0.2) is 0 Å². The summed E-state index contributed by atoms with van der Waals surface area (Å²) in [4.78, 5) is 39.5. The first-order valence-corrected chi connectivity index (χ1v) is 14.5. The number of aryl methyl sites for hydroxylation is 1. The lowest BCUT2D eigenvalue weighted by atomic mass is 10.1. The number of hydrogen-bond acceptors (Lipinski definition) is 9. The smallest absolute Gasteiger partial charge is 0.302 e. The van der Waals surface area contributed by atoms with Crippen LogP contribution in [0, 0.1) is 6.92 Å². The van der Waals surface area contributed by atoms with Gasteiger partial charge in [-0.3, -0.25) is 9.59 Å². The Morgan fingerprint density at radius 2 is 1.70 bits per heavy atom. The summed E-state index contributed by atoms with van der Waals surface area (Å²) in [5.41, 5.74) is 5.33. The second-order valence-electron chi connectivity index (χ2n) is 10.6. The first kappa shape index (κ1) is 30.5. The molecule has 2 heterocycles. The molecule has 1 fully saturated rings. The Balaban J connectivity index is 1.48. The van der Waals surface area contributed by atoms with Crippen LogP contribution in [0.4, 0.5) is 28.8 Å². The molecule has 0 bridgehead atoms. The number of aromatic nitrogens is 2. The quantitative estimate of drug-likeness (QED) is 0.213. The van der Waals surface area contributed by atoms with Crippen LogP contribution in [-0.4, -0.2) is 55.2 Å². The molecule has 228 valence electrons. The Labute approximate surface area is 257 Å². The molecule has 5 rings (SSSR count). The lowest BCUT2D eigenvalue weighted by Gasteiger charge is -2.30. The fraction of sp³-hybridized carbons (Fsp3) is 0.294. The van der Waals surface area contributed by atoms with Crippen LogP contribution >= 0.6 is 0 Å². The predicted octanol–water partition coefficient (Wildman–Crippen LogP) is 5.72. The van der Waals surface area contributed by atoms with Crippen molar-refractivity contribution in [3.05, 3.63) is 95.7 Å². The minimum Gasteiger partial charge on any atom is -0.489 e. The molecular weight excluding hydrogens is 558 g/mol. The van der Waals surface area contributed by atoms with E-state index in [0.29, 0.717) is 37.1 Å². The van der Waals surface area contributed by atoms with Crippen molar-refractivity contribution in [1.82, 2.24) is 9.97 Å². The standard InChI is InChI=1S/C34H37N5O5/c1-24-10-11-28(23-43-26(3)41)18-32(24)37(4)33-12-13-35-34(36-33)39(25(2)40)30-19-29(38-14-16-42-17-15-38)20-31(21-30)44-22-27-8-6-5-7-9-27/h5-13,18-21H,14-17,22-23H2,1-4H3. The molecule has 0 saturated carbocycles. The molecule has 1 amide bonds. The summed E-state index contributed by atoms with van der Waals surface area (Å²) in [5, 5.41) is 0. The van der Waals surface area contributed by atoms with Gasteiger partial charge >= 0.3 is 5.97 Å². The average Bonchev–Trinajstić information content (AvgIpc) is 3.04. The van der Waals surface area contributed by atoms with E-state index in [1.807, 2.05) is 85.6 Å². The lowest BCUT2D eigenvalue weighted by molar-refractivity contribution is -0.142. The largest absolute Gasteiger partial charge is 0.489 e. The van der Waals surface area contributed by atoms with E-state index in [4.69, 9.17) is 19.2 Å². The maximum absolute atomic E-state index is 13.2. The molecule has 0 N–H and O–H groups in total. The van der Waals surface area contributed by atoms with Crippen LogP contribution in [0.25, 0.3) is 0 Å². The minimum absolute atomic E-state index is 0.178. The van der Waals surface area contributed by atoms with Gasteiger partial charge in [0.2, 0.25) is 11.9 Å². The molecule has 0 spiro atoms. The Morgan fingerprint density at radius 1 is 0.932 bits per heavy atom. The molecule has 1 saturated heterocycles. The second kappa shape index (κ2) is 14.0. The van der Waals surface area contributed by atoms with Gasteiger partial charge in [-0.15, -0.1) is 0 Å². The van der Waals surface area contributed by atoms with E-state index >= 15 is 0 Å². The monoisotopic (exact) mass is 595 g/mol. The van der Waals surface area contributed by atoms with E-state index in [0.717, 1.165) is 41.2 Å². The summed E-state index contributed by atoms with van der Waals surface area (Å²) >= 11 is 0. The number of anilines is 5. The number of ether oxygens (including phenoxy) is 3. The maximum Gasteiger partial charge on any atom is 0.302 e. The van der Waals surface area contributed by atoms with E-state index in [2.05, 4.69) is 9.88 Å². The van der Waals surface area contributed by atoms with Gasteiger partial charge in [0.1, 0.15) is 24.8 Å². The number of hydrogen-bond donors (Lipinski definition) is 0. The van der Waals surface area contributed by atoms with Crippen LogP contribution in [0.3, 0.4) is 0 Å². The molecule has 0 radical (unpaired) electrons. The Bertz CT molecular complexity index is 1610. The van der Waals surface area contributed by atoms with Crippen LogP contribution in [0.15, 0.2) is 79.0 Å². The van der Waals surface area contributed by atoms with Crippen molar-refractivity contribution >= 4 is 40.7 Å². The van der Waals surface area contributed by atoms with Crippen LogP contribution in [0.1, 0.15) is 30.5 Å². The molecule has 1 aliphatic heterocycles. The molecule has 4 aromatic rings. The van der Waals surface area contributed by atoms with Crippen molar-refractivity contribution in [2.75, 3.05) is 48.1 Å². The summed E-state index contributed by atoms with van der Waals surface area (Å²) in [6.07, 6.45) is 1.64. The number of nitrogens with zero attached hydrogens (tertiary/aromatic N) is 5. The fourth-order valence-electron chi connectivity index (χ4n) is 5.01. The molecule has 0 atom stereocenters. The topological polar surface area (TPSA) is 97.3 Å². The summed E-state index contributed by atoms with van der Waals surface area (Å²) in [6, 6.07) is 23.4. The van der Waals surface area contributed by atoms with E-state index < -0.39 is 0 Å². The maximum atomic E-state index is 13.2. The molecule has 1 aliphatic rings. The number of morpholine rings is 1. The highest BCUT2D eigenvalue weighted by Gasteiger charge is 2.22. The van der Waals surface area contributed by atoms with Gasteiger partial charge in [0, 0.05) is 63.7 Å². The van der Waals surface area contributed by atoms with E-state index in [-0.39, 0.29) is 24.4 Å². The van der Waals surface area contributed by atoms with Gasteiger partial charge in [0.25, 0.3) is 0 Å². The zero-order chi connectivity index (χ0) is 31.1. The third-order valence-electron chi connectivity index (χ3n) is 7.32. The minimum atomic E-state index is -0.337. The fourth-order valence-corrected chi connectivity index (χ4v) is 5.01. The first-order chi connectivity index (χ1) is 21.3. The first-order valence-electron chi connectivity index (χ1n) is 14.5. The second-order valence-corrected chi connectivity index (χ2v) is 10.6. The van der Waals surface area contributed by atoms with Gasteiger partial charge in [-0.2, -0.15) is 4.98 Å². The number of carbonyl (C=O) groups is 2. The highest BCUT2D eigenvalue weighted by molar-refractivity contribution is 5.98. The van der Waals surface area contributed by atoms with Gasteiger partial charge in [0.05, 0.1) is 18.9 Å². The highest BCUT2D eigenvalue weighted by atomic mass is 16.5. The van der Waals surface area contributed by atoms with Crippen molar-refractivity contribution in [3.63, 3.8) is 0 Å². The number of carbonyl (C=O) groups excluding carboxylic acids is 2. The summed E-state index contributed by atoms with van der Waals surface area (Å²) in [7, 11) is 1.90. The van der Waals surface area contributed by atoms with E-state index in [1.54, 1.807) is 12.3 Å². The molecular formula is C34H37N5O5. The lowest BCUT2D eigenvalue weighted by Crippen LogP contribution is -2.36. The molecule has 0 unspecified atom stereocenters. The molecule has 44 heavy (non-hydrogen) atoms. The van der Waals surface area contributed by atoms with Crippen LogP contribution in [-0.2, 0) is 32.3 Å². The van der Waals surface area contributed by atoms with Crippen molar-refractivity contribution in [2.45, 2.75) is 34.0 Å². The molecule has 3 aromatic carbocycles. The van der Waals surface area contributed by atoms with E-state index in [9.17, 15) is 9.59 Å².